The summed E-state index contributed by atoms with van der Waals surface area (Å²) in [7, 11) is 3.08. The molecule has 6 heteroatoms. The monoisotopic (exact) mass is 399 g/mol. The zero-order valence-corrected chi connectivity index (χ0v) is 17.7. The zero-order chi connectivity index (χ0) is 21.4. The van der Waals surface area contributed by atoms with E-state index in [0.717, 1.165) is 17.7 Å². The van der Waals surface area contributed by atoms with Gasteiger partial charge in [-0.05, 0) is 48.6 Å². The molecule has 0 saturated heterocycles. The van der Waals surface area contributed by atoms with Gasteiger partial charge in [0.2, 0.25) is 0 Å². The number of carbonyl (C=O) groups is 2. The van der Waals surface area contributed by atoms with E-state index < -0.39 is 12.1 Å². The Balaban J connectivity index is 1.99. The van der Waals surface area contributed by atoms with Crippen molar-refractivity contribution in [1.29, 1.82) is 0 Å². The second-order valence-corrected chi connectivity index (χ2v) is 6.88. The summed E-state index contributed by atoms with van der Waals surface area (Å²) in [6.45, 7) is 5.77. The average molecular weight is 399 g/mol. The minimum absolute atomic E-state index is 0.0292. The molecule has 0 aliphatic heterocycles. The van der Waals surface area contributed by atoms with Gasteiger partial charge < -0.3 is 19.5 Å². The molecule has 0 fully saturated rings. The minimum Gasteiger partial charge on any atom is -0.493 e. The Hall–Kier alpha value is -3.02. The Kier molecular flexibility index (Phi) is 8.07. The van der Waals surface area contributed by atoms with Gasteiger partial charge in [0, 0.05) is 5.69 Å². The van der Waals surface area contributed by atoms with Crippen LogP contribution in [0.2, 0.25) is 0 Å². The Labute approximate surface area is 172 Å². The second-order valence-electron chi connectivity index (χ2n) is 6.88. The SMILES string of the molecule is CC[C@H](C)c1ccccc1NC(=O)[C@@H](C)OC(=O)Cc1ccc(OC)c(OC)c1. The Morgan fingerprint density at radius 1 is 1.00 bits per heavy atom. The van der Waals surface area contributed by atoms with E-state index in [1.165, 1.54) is 7.11 Å². The Morgan fingerprint density at radius 3 is 2.34 bits per heavy atom. The van der Waals surface area contributed by atoms with Crippen molar-refractivity contribution >= 4 is 17.6 Å². The zero-order valence-electron chi connectivity index (χ0n) is 17.7. The van der Waals surface area contributed by atoms with Gasteiger partial charge in [-0.15, -0.1) is 0 Å². The average Bonchev–Trinajstić information content (AvgIpc) is 2.73. The van der Waals surface area contributed by atoms with E-state index in [-0.39, 0.29) is 12.3 Å². The van der Waals surface area contributed by atoms with Crippen LogP contribution in [0.1, 0.15) is 44.2 Å². The molecule has 0 bridgehead atoms. The highest BCUT2D eigenvalue weighted by atomic mass is 16.5. The van der Waals surface area contributed by atoms with Crippen molar-refractivity contribution in [3.05, 3.63) is 53.6 Å². The third kappa shape index (κ3) is 5.98. The summed E-state index contributed by atoms with van der Waals surface area (Å²) in [5.74, 6) is 0.577. The molecular weight excluding hydrogens is 370 g/mol. The maximum Gasteiger partial charge on any atom is 0.311 e. The summed E-state index contributed by atoms with van der Waals surface area (Å²) >= 11 is 0. The first-order valence-electron chi connectivity index (χ1n) is 9.69. The second kappa shape index (κ2) is 10.5. The molecule has 0 heterocycles. The van der Waals surface area contributed by atoms with Gasteiger partial charge in [0.15, 0.2) is 17.6 Å². The first kappa shape index (κ1) is 22.3. The highest BCUT2D eigenvalue weighted by Crippen LogP contribution is 2.28. The quantitative estimate of drug-likeness (QED) is 0.635. The van der Waals surface area contributed by atoms with Crippen LogP contribution in [0.15, 0.2) is 42.5 Å². The van der Waals surface area contributed by atoms with Crippen molar-refractivity contribution in [2.24, 2.45) is 0 Å². The molecule has 0 aliphatic rings. The number of methoxy groups -OCH3 is 2. The molecule has 0 saturated carbocycles. The molecule has 156 valence electrons. The van der Waals surface area contributed by atoms with Crippen molar-refractivity contribution < 1.29 is 23.8 Å². The van der Waals surface area contributed by atoms with Crippen LogP contribution in [0, 0.1) is 0 Å². The van der Waals surface area contributed by atoms with Crippen LogP contribution in [0.3, 0.4) is 0 Å². The molecule has 1 amide bonds. The van der Waals surface area contributed by atoms with Gasteiger partial charge in [-0.3, -0.25) is 9.59 Å². The van der Waals surface area contributed by atoms with Crippen molar-refractivity contribution in [2.75, 3.05) is 19.5 Å². The fourth-order valence-electron chi connectivity index (χ4n) is 2.94. The van der Waals surface area contributed by atoms with E-state index in [2.05, 4.69) is 19.2 Å². The van der Waals surface area contributed by atoms with Crippen LogP contribution in [0.25, 0.3) is 0 Å². The number of ether oxygens (including phenoxy) is 3. The molecule has 0 spiro atoms. The van der Waals surface area contributed by atoms with Gasteiger partial charge in [-0.25, -0.2) is 0 Å². The lowest BCUT2D eigenvalue weighted by Gasteiger charge is -2.18. The highest BCUT2D eigenvalue weighted by Gasteiger charge is 2.20. The summed E-state index contributed by atoms with van der Waals surface area (Å²) in [4.78, 5) is 24.8. The Morgan fingerprint density at radius 2 is 1.69 bits per heavy atom. The van der Waals surface area contributed by atoms with E-state index in [4.69, 9.17) is 14.2 Å². The summed E-state index contributed by atoms with van der Waals surface area (Å²) in [6, 6.07) is 12.9. The molecular formula is C23H29NO5. The van der Waals surface area contributed by atoms with Gasteiger partial charge in [0.1, 0.15) is 0 Å². The first-order valence-corrected chi connectivity index (χ1v) is 9.69. The highest BCUT2D eigenvalue weighted by molar-refractivity contribution is 5.95. The fraction of sp³-hybridized carbons (Fsp3) is 0.391. The number of anilines is 1. The third-order valence-corrected chi connectivity index (χ3v) is 4.84. The molecule has 2 aromatic carbocycles. The van der Waals surface area contributed by atoms with Crippen molar-refractivity contribution in [1.82, 2.24) is 0 Å². The number of benzene rings is 2. The van der Waals surface area contributed by atoms with Crippen LogP contribution in [0.5, 0.6) is 11.5 Å². The van der Waals surface area contributed by atoms with Crippen molar-refractivity contribution in [3.8, 4) is 11.5 Å². The summed E-state index contributed by atoms with van der Waals surface area (Å²) in [6.07, 6.45) is 0.0807. The molecule has 0 aromatic heterocycles. The maximum absolute atomic E-state index is 12.5. The summed E-state index contributed by atoms with van der Waals surface area (Å²) < 4.78 is 15.8. The predicted octanol–water partition coefficient (Wildman–Crippen LogP) is 4.33. The number of rotatable bonds is 9. The van der Waals surface area contributed by atoms with E-state index in [1.54, 1.807) is 32.2 Å². The molecule has 6 nitrogen and oxygen atoms in total. The minimum atomic E-state index is -0.910. The molecule has 0 aliphatic carbocycles. The maximum atomic E-state index is 12.5. The Bertz CT molecular complexity index is 849. The van der Waals surface area contributed by atoms with Crippen molar-refractivity contribution in [2.45, 2.75) is 45.6 Å². The topological polar surface area (TPSA) is 73.9 Å². The van der Waals surface area contributed by atoms with Gasteiger partial charge in [0.05, 0.1) is 20.6 Å². The molecule has 2 rings (SSSR count). The van der Waals surface area contributed by atoms with Crippen LogP contribution in [-0.4, -0.2) is 32.2 Å². The number of para-hydroxylation sites is 1. The fourth-order valence-corrected chi connectivity index (χ4v) is 2.94. The van der Waals surface area contributed by atoms with E-state index in [1.807, 2.05) is 24.3 Å². The lowest BCUT2D eigenvalue weighted by Crippen LogP contribution is -2.30. The number of amides is 1. The van der Waals surface area contributed by atoms with Gasteiger partial charge in [-0.2, -0.15) is 0 Å². The largest absolute Gasteiger partial charge is 0.493 e. The number of hydrogen-bond acceptors (Lipinski definition) is 5. The molecule has 2 atom stereocenters. The normalized spacial score (nSPS) is 12.6. The smallest absolute Gasteiger partial charge is 0.311 e. The number of nitrogens with one attached hydrogen (secondary N) is 1. The standard InChI is InChI=1S/C23H29NO5/c1-6-15(2)18-9-7-8-10-19(18)24-23(26)16(3)29-22(25)14-17-11-12-20(27-4)21(13-17)28-5/h7-13,15-16H,6,14H2,1-5H3,(H,24,26)/t15-,16+/m0/s1. The molecule has 0 radical (unpaired) electrons. The van der Waals surface area contributed by atoms with Crippen LogP contribution < -0.4 is 14.8 Å². The van der Waals surface area contributed by atoms with Gasteiger partial charge in [0.25, 0.3) is 5.91 Å². The van der Waals surface area contributed by atoms with Crippen LogP contribution >= 0.6 is 0 Å². The summed E-state index contributed by atoms with van der Waals surface area (Å²) in [5, 5.41) is 2.88. The van der Waals surface area contributed by atoms with Crippen molar-refractivity contribution in [3.63, 3.8) is 0 Å². The van der Waals surface area contributed by atoms with Gasteiger partial charge >= 0.3 is 5.97 Å². The lowest BCUT2D eigenvalue weighted by molar-refractivity contribution is -0.152. The van der Waals surface area contributed by atoms with E-state index >= 15 is 0 Å². The first-order chi connectivity index (χ1) is 13.9. The third-order valence-electron chi connectivity index (χ3n) is 4.84. The molecule has 29 heavy (non-hydrogen) atoms. The van der Waals surface area contributed by atoms with Crippen LogP contribution in [0.4, 0.5) is 5.69 Å². The van der Waals surface area contributed by atoms with E-state index in [0.29, 0.717) is 23.0 Å². The molecule has 2 aromatic rings. The van der Waals surface area contributed by atoms with E-state index in [9.17, 15) is 9.59 Å². The van der Waals surface area contributed by atoms with Gasteiger partial charge in [-0.1, -0.05) is 38.1 Å². The number of esters is 1. The molecule has 0 unspecified atom stereocenters. The lowest BCUT2D eigenvalue weighted by atomic mass is 9.97. The number of hydrogen-bond donors (Lipinski definition) is 1. The number of carbonyl (C=O) groups excluding carboxylic acids is 2. The molecule has 1 N–H and O–H groups in total. The predicted molar refractivity (Wildman–Crippen MR) is 113 cm³/mol. The van der Waals surface area contributed by atoms with Crippen LogP contribution in [-0.2, 0) is 20.7 Å². The summed E-state index contributed by atoms with van der Waals surface area (Å²) in [5.41, 5.74) is 2.52.